The Hall–Kier alpha value is -2.65. The van der Waals surface area contributed by atoms with Gasteiger partial charge >= 0.3 is 0 Å². The molecule has 10 heteroatoms. The molecule has 0 radical (unpaired) electrons. The van der Waals surface area contributed by atoms with Crippen molar-refractivity contribution >= 4 is 23.4 Å². The standard InChI is InChI=1S/C22H25ClFN3O5/c1-12-19(25-13(2)32-12)20(30)27-21-5-7-22(8-6-21,17(28)10-21)26-18(29)11-31-14-3-4-15(23)16(24)9-14/h3-4,9,17,28H,5-8,10-11H2,1-2H3,(H,26,29)(H,27,30). The fourth-order valence-corrected chi connectivity index (χ4v) is 4.85. The highest BCUT2D eigenvalue weighted by Gasteiger charge is 2.55. The molecule has 3 aliphatic rings. The van der Waals surface area contributed by atoms with E-state index >= 15 is 0 Å². The highest BCUT2D eigenvalue weighted by molar-refractivity contribution is 6.30. The third kappa shape index (κ3) is 4.31. The molecule has 172 valence electrons. The fraction of sp³-hybridized carbons (Fsp3) is 0.500. The van der Waals surface area contributed by atoms with Gasteiger partial charge in [0.15, 0.2) is 18.2 Å². The molecule has 1 aromatic heterocycles. The molecule has 0 spiro atoms. The number of aliphatic hydroxyl groups excluding tert-OH is 1. The van der Waals surface area contributed by atoms with Gasteiger partial charge in [0.1, 0.15) is 17.3 Å². The number of ether oxygens (including phenoxy) is 1. The first-order chi connectivity index (χ1) is 15.1. The van der Waals surface area contributed by atoms with E-state index in [4.69, 9.17) is 20.8 Å². The van der Waals surface area contributed by atoms with Crippen molar-refractivity contribution < 1.29 is 28.2 Å². The minimum atomic E-state index is -0.831. The third-order valence-electron chi connectivity index (χ3n) is 6.47. The molecule has 3 fully saturated rings. The zero-order chi connectivity index (χ0) is 23.1. The maximum Gasteiger partial charge on any atom is 0.273 e. The first-order valence-corrected chi connectivity index (χ1v) is 10.8. The molecule has 1 unspecified atom stereocenters. The number of amides is 2. The van der Waals surface area contributed by atoms with Crippen molar-refractivity contribution in [1.82, 2.24) is 15.6 Å². The molecule has 2 bridgehead atoms. The number of aliphatic hydroxyl groups is 1. The van der Waals surface area contributed by atoms with Crippen molar-refractivity contribution in [2.45, 2.75) is 63.1 Å². The van der Waals surface area contributed by atoms with Crippen molar-refractivity contribution in [1.29, 1.82) is 0 Å². The molecule has 1 heterocycles. The number of nitrogens with one attached hydrogen (secondary N) is 2. The molecular formula is C22H25ClFN3O5. The van der Waals surface area contributed by atoms with Crippen LogP contribution in [0.25, 0.3) is 0 Å². The summed E-state index contributed by atoms with van der Waals surface area (Å²) in [5.74, 6) is -0.311. The number of benzene rings is 1. The van der Waals surface area contributed by atoms with Crippen LogP contribution in [0.5, 0.6) is 5.75 Å². The minimum Gasteiger partial charge on any atom is -0.484 e. The second-order valence-corrected chi connectivity index (χ2v) is 9.07. The van der Waals surface area contributed by atoms with Crippen LogP contribution in [0, 0.1) is 19.7 Å². The van der Waals surface area contributed by atoms with Crippen LogP contribution >= 0.6 is 11.6 Å². The zero-order valence-electron chi connectivity index (χ0n) is 17.8. The Bertz CT molecular complexity index is 1050. The van der Waals surface area contributed by atoms with E-state index in [0.29, 0.717) is 43.8 Å². The summed E-state index contributed by atoms with van der Waals surface area (Å²) in [6.45, 7) is 3.05. The number of halogens is 2. The molecule has 2 aromatic rings. The second kappa shape index (κ2) is 8.37. The number of carbonyl (C=O) groups excluding carboxylic acids is 2. The molecule has 1 atom stereocenters. The van der Waals surface area contributed by atoms with Crippen molar-refractivity contribution in [3.63, 3.8) is 0 Å². The smallest absolute Gasteiger partial charge is 0.273 e. The Morgan fingerprint density at radius 2 is 2.00 bits per heavy atom. The Labute approximate surface area is 189 Å². The van der Waals surface area contributed by atoms with Crippen LogP contribution in [0.15, 0.2) is 22.6 Å². The summed E-state index contributed by atoms with van der Waals surface area (Å²) in [6.07, 6.45) is 1.71. The van der Waals surface area contributed by atoms with Crippen LogP contribution in [-0.4, -0.2) is 45.7 Å². The Balaban J connectivity index is 1.35. The fourth-order valence-electron chi connectivity index (χ4n) is 4.73. The second-order valence-electron chi connectivity index (χ2n) is 8.66. The number of hydrogen-bond donors (Lipinski definition) is 3. The molecule has 0 aliphatic heterocycles. The van der Waals surface area contributed by atoms with Gasteiger partial charge < -0.3 is 24.9 Å². The largest absolute Gasteiger partial charge is 0.484 e. The van der Waals surface area contributed by atoms with Crippen LogP contribution in [0.3, 0.4) is 0 Å². The maximum absolute atomic E-state index is 13.5. The summed E-state index contributed by atoms with van der Waals surface area (Å²) < 4.78 is 24.2. The summed E-state index contributed by atoms with van der Waals surface area (Å²) in [5, 5.41) is 16.8. The van der Waals surface area contributed by atoms with E-state index in [1.807, 2.05) is 0 Å². The molecule has 32 heavy (non-hydrogen) atoms. The van der Waals surface area contributed by atoms with E-state index in [1.54, 1.807) is 13.8 Å². The number of nitrogens with zero attached hydrogens (tertiary/aromatic N) is 1. The van der Waals surface area contributed by atoms with Gasteiger partial charge in [-0.1, -0.05) is 11.6 Å². The Morgan fingerprint density at radius 3 is 2.59 bits per heavy atom. The number of aryl methyl sites for hydroxylation is 2. The van der Waals surface area contributed by atoms with Crippen LogP contribution in [-0.2, 0) is 4.79 Å². The number of rotatable bonds is 6. The van der Waals surface area contributed by atoms with Crippen molar-refractivity contribution in [3.8, 4) is 5.75 Å². The van der Waals surface area contributed by atoms with Crippen molar-refractivity contribution in [2.24, 2.45) is 0 Å². The number of aromatic nitrogens is 1. The Kier molecular flexibility index (Phi) is 5.89. The molecule has 5 rings (SSSR count). The first kappa shape index (κ1) is 22.5. The predicted molar refractivity (Wildman–Crippen MR) is 113 cm³/mol. The van der Waals surface area contributed by atoms with Gasteiger partial charge in [-0.3, -0.25) is 9.59 Å². The van der Waals surface area contributed by atoms with Crippen LogP contribution < -0.4 is 15.4 Å². The van der Waals surface area contributed by atoms with Crippen LogP contribution in [0.1, 0.15) is 54.2 Å². The van der Waals surface area contributed by atoms with E-state index in [-0.39, 0.29) is 29.0 Å². The normalized spacial score (nSPS) is 26.6. The van der Waals surface area contributed by atoms with Gasteiger partial charge in [0.05, 0.1) is 16.7 Å². The van der Waals surface area contributed by atoms with Crippen LogP contribution in [0.2, 0.25) is 5.02 Å². The van der Waals surface area contributed by atoms with Gasteiger partial charge in [0.2, 0.25) is 0 Å². The quantitative estimate of drug-likeness (QED) is 0.604. The lowest BCUT2D eigenvalue weighted by molar-refractivity contribution is -0.132. The SMILES string of the molecule is Cc1nc(C(=O)NC23CCC(NC(=O)COc4ccc(Cl)c(F)c4)(CC2)C(O)C3)c(C)o1. The van der Waals surface area contributed by atoms with Gasteiger partial charge in [-0.2, -0.15) is 0 Å². The van der Waals surface area contributed by atoms with Gasteiger partial charge in [-0.25, -0.2) is 9.37 Å². The average Bonchev–Trinajstić information content (AvgIpc) is 3.08. The Morgan fingerprint density at radius 1 is 1.28 bits per heavy atom. The van der Waals surface area contributed by atoms with Gasteiger partial charge in [0, 0.05) is 18.5 Å². The number of hydrogen-bond acceptors (Lipinski definition) is 6. The highest BCUT2D eigenvalue weighted by Crippen LogP contribution is 2.47. The molecule has 8 nitrogen and oxygen atoms in total. The summed E-state index contributed by atoms with van der Waals surface area (Å²) in [6, 6.07) is 3.94. The number of carbonyl (C=O) groups is 2. The molecular weight excluding hydrogens is 441 g/mol. The third-order valence-corrected chi connectivity index (χ3v) is 6.77. The van der Waals surface area contributed by atoms with Crippen LogP contribution in [0.4, 0.5) is 4.39 Å². The average molecular weight is 466 g/mol. The van der Waals surface area contributed by atoms with E-state index in [9.17, 15) is 19.1 Å². The lowest BCUT2D eigenvalue weighted by Gasteiger charge is -2.56. The monoisotopic (exact) mass is 465 g/mol. The van der Waals surface area contributed by atoms with Gasteiger partial charge in [-0.15, -0.1) is 0 Å². The van der Waals surface area contributed by atoms with Gasteiger partial charge in [0.25, 0.3) is 11.8 Å². The van der Waals surface area contributed by atoms with Crippen molar-refractivity contribution in [2.75, 3.05) is 6.61 Å². The van der Waals surface area contributed by atoms with Crippen molar-refractivity contribution in [3.05, 3.63) is 46.4 Å². The summed E-state index contributed by atoms with van der Waals surface area (Å²) in [4.78, 5) is 29.4. The molecule has 1 aromatic carbocycles. The van der Waals surface area contributed by atoms with E-state index in [2.05, 4.69) is 15.6 Å². The molecule has 3 N–H and O–H groups in total. The zero-order valence-corrected chi connectivity index (χ0v) is 18.6. The number of fused-ring (bicyclic) bond motifs is 3. The first-order valence-electron chi connectivity index (χ1n) is 10.4. The lowest BCUT2D eigenvalue weighted by atomic mass is 9.60. The highest BCUT2D eigenvalue weighted by atomic mass is 35.5. The molecule has 2 amide bonds. The maximum atomic E-state index is 13.5. The molecule has 3 aliphatic carbocycles. The number of oxazole rings is 1. The lowest BCUT2D eigenvalue weighted by Crippen LogP contribution is -2.70. The van der Waals surface area contributed by atoms with E-state index in [0.717, 1.165) is 6.07 Å². The molecule has 0 saturated heterocycles. The molecule has 3 saturated carbocycles. The summed E-state index contributed by atoms with van der Waals surface area (Å²) >= 11 is 5.64. The minimum absolute atomic E-state index is 0.0300. The van der Waals surface area contributed by atoms with E-state index in [1.165, 1.54) is 12.1 Å². The summed E-state index contributed by atoms with van der Waals surface area (Å²) in [7, 11) is 0. The topological polar surface area (TPSA) is 114 Å². The van der Waals surface area contributed by atoms with Gasteiger partial charge in [-0.05, 0) is 51.2 Å². The summed E-state index contributed by atoms with van der Waals surface area (Å²) in [5.41, 5.74) is -1.09. The van der Waals surface area contributed by atoms with E-state index < -0.39 is 28.9 Å². The predicted octanol–water partition coefficient (Wildman–Crippen LogP) is 2.83.